The normalized spacial score (nSPS) is 15.4. The Balaban J connectivity index is 4.31. The van der Waals surface area contributed by atoms with Gasteiger partial charge in [-0.25, -0.2) is 0 Å². The standard InChI is InChI=1S/C12H24N2O6/c1-4-17-7-10(16)14-11(18-5-2)8-20-12(13,9-15)19-6-3/h9,11H,4-8,13H2,1-3H3,(H,14,16). The fraction of sp³-hybridized carbons (Fsp3) is 0.833. The molecular formula is C12H24N2O6. The Morgan fingerprint density at radius 1 is 1.25 bits per heavy atom. The van der Waals surface area contributed by atoms with Crippen molar-refractivity contribution in [3.8, 4) is 0 Å². The van der Waals surface area contributed by atoms with Crippen molar-refractivity contribution in [3.05, 3.63) is 0 Å². The number of ether oxygens (including phenoxy) is 4. The molecule has 0 aromatic carbocycles. The first-order chi connectivity index (χ1) is 9.51. The zero-order chi connectivity index (χ0) is 15.4. The Morgan fingerprint density at radius 3 is 2.45 bits per heavy atom. The van der Waals surface area contributed by atoms with Crippen molar-refractivity contribution in [1.82, 2.24) is 5.32 Å². The molecule has 2 unspecified atom stereocenters. The Morgan fingerprint density at radius 2 is 1.95 bits per heavy atom. The highest BCUT2D eigenvalue weighted by molar-refractivity contribution is 5.77. The van der Waals surface area contributed by atoms with Gasteiger partial charge in [-0.3, -0.25) is 15.3 Å². The van der Waals surface area contributed by atoms with E-state index in [4.69, 9.17) is 24.7 Å². The van der Waals surface area contributed by atoms with Crippen LogP contribution in [0.3, 0.4) is 0 Å². The van der Waals surface area contributed by atoms with E-state index in [1.165, 1.54) is 0 Å². The summed E-state index contributed by atoms with van der Waals surface area (Å²) in [5, 5.41) is 2.55. The molecule has 3 N–H and O–H groups in total. The molecule has 0 aliphatic heterocycles. The third kappa shape index (κ3) is 8.18. The molecule has 118 valence electrons. The Labute approximate surface area is 118 Å². The molecule has 0 aromatic heterocycles. The summed E-state index contributed by atoms with van der Waals surface area (Å²) in [6.07, 6.45) is -0.391. The smallest absolute Gasteiger partial charge is 0.284 e. The lowest BCUT2D eigenvalue weighted by Gasteiger charge is -2.26. The number of carbonyl (C=O) groups is 2. The van der Waals surface area contributed by atoms with Gasteiger partial charge in [-0.1, -0.05) is 0 Å². The van der Waals surface area contributed by atoms with Crippen LogP contribution in [0, 0.1) is 0 Å². The SMILES string of the molecule is CCOCC(=O)NC(COC(N)(C=O)OCC)OCC. The molecule has 0 saturated carbocycles. The summed E-state index contributed by atoms with van der Waals surface area (Å²) in [6.45, 7) is 6.03. The van der Waals surface area contributed by atoms with Crippen LogP contribution in [-0.4, -0.2) is 57.4 Å². The van der Waals surface area contributed by atoms with Crippen molar-refractivity contribution in [3.63, 3.8) is 0 Å². The van der Waals surface area contributed by atoms with Gasteiger partial charge < -0.3 is 24.3 Å². The van der Waals surface area contributed by atoms with Gasteiger partial charge in [0.15, 0.2) is 12.5 Å². The van der Waals surface area contributed by atoms with E-state index in [1.54, 1.807) is 20.8 Å². The number of amides is 1. The molecule has 0 rings (SSSR count). The fourth-order valence-electron chi connectivity index (χ4n) is 1.29. The number of nitrogens with two attached hydrogens (primary N) is 1. The molecule has 0 aliphatic carbocycles. The lowest BCUT2D eigenvalue weighted by atomic mass is 10.5. The molecule has 0 bridgehead atoms. The van der Waals surface area contributed by atoms with Crippen LogP contribution >= 0.6 is 0 Å². The van der Waals surface area contributed by atoms with Crippen molar-refractivity contribution < 1.29 is 28.5 Å². The second-order valence-corrected chi connectivity index (χ2v) is 3.73. The third-order valence-electron chi connectivity index (χ3n) is 2.12. The van der Waals surface area contributed by atoms with Gasteiger partial charge in [-0.2, -0.15) is 0 Å². The van der Waals surface area contributed by atoms with Gasteiger partial charge in [0.05, 0.1) is 6.61 Å². The molecular weight excluding hydrogens is 268 g/mol. The topological polar surface area (TPSA) is 109 Å². The number of carbonyl (C=O) groups excluding carboxylic acids is 2. The van der Waals surface area contributed by atoms with Crippen LogP contribution in [0.4, 0.5) is 0 Å². The van der Waals surface area contributed by atoms with E-state index < -0.39 is 12.1 Å². The van der Waals surface area contributed by atoms with Crippen LogP contribution in [0.2, 0.25) is 0 Å². The van der Waals surface area contributed by atoms with Gasteiger partial charge in [-0.05, 0) is 20.8 Å². The first-order valence-corrected chi connectivity index (χ1v) is 6.53. The first kappa shape index (κ1) is 18.9. The first-order valence-electron chi connectivity index (χ1n) is 6.53. The van der Waals surface area contributed by atoms with Crippen LogP contribution in [0.15, 0.2) is 0 Å². The summed E-state index contributed by atoms with van der Waals surface area (Å²) in [5.74, 6) is -2.19. The number of nitrogens with one attached hydrogen (secondary N) is 1. The monoisotopic (exact) mass is 292 g/mol. The lowest BCUT2D eigenvalue weighted by molar-refractivity contribution is -0.226. The molecule has 0 heterocycles. The van der Waals surface area contributed by atoms with Gasteiger partial charge in [0.25, 0.3) is 5.91 Å². The minimum atomic E-state index is -1.84. The summed E-state index contributed by atoms with van der Waals surface area (Å²) in [5.41, 5.74) is 5.56. The minimum absolute atomic E-state index is 0.0764. The highest BCUT2D eigenvalue weighted by Gasteiger charge is 2.27. The zero-order valence-corrected chi connectivity index (χ0v) is 12.2. The van der Waals surface area contributed by atoms with Crippen LogP contribution in [0.25, 0.3) is 0 Å². The van der Waals surface area contributed by atoms with Crippen LogP contribution in [0.5, 0.6) is 0 Å². The highest BCUT2D eigenvalue weighted by atomic mass is 16.7. The number of rotatable bonds is 12. The van der Waals surface area contributed by atoms with Crippen molar-refractivity contribution in [2.45, 2.75) is 32.9 Å². The van der Waals surface area contributed by atoms with Gasteiger partial charge in [0.2, 0.25) is 5.91 Å². The predicted octanol–water partition coefficient (Wildman–Crippen LogP) is -0.634. The third-order valence-corrected chi connectivity index (χ3v) is 2.12. The Kier molecular flexibility index (Phi) is 10.1. The van der Waals surface area contributed by atoms with Crippen molar-refractivity contribution in [2.75, 3.05) is 33.0 Å². The van der Waals surface area contributed by atoms with E-state index in [0.717, 1.165) is 0 Å². The average Bonchev–Trinajstić information content (AvgIpc) is 2.43. The van der Waals surface area contributed by atoms with Gasteiger partial charge in [0.1, 0.15) is 6.61 Å². The summed E-state index contributed by atoms with van der Waals surface area (Å²) < 4.78 is 20.4. The van der Waals surface area contributed by atoms with E-state index in [2.05, 4.69) is 5.32 Å². The molecule has 0 saturated heterocycles. The Bertz CT molecular complexity index is 289. The quantitative estimate of drug-likeness (QED) is 0.364. The fourth-order valence-corrected chi connectivity index (χ4v) is 1.29. The number of hydrogen-bond acceptors (Lipinski definition) is 7. The molecule has 8 heteroatoms. The largest absolute Gasteiger partial charge is 0.372 e. The van der Waals surface area contributed by atoms with Gasteiger partial charge in [-0.15, -0.1) is 0 Å². The molecule has 0 aliphatic rings. The number of hydrogen-bond donors (Lipinski definition) is 2. The van der Waals surface area contributed by atoms with E-state index in [-0.39, 0.29) is 25.7 Å². The van der Waals surface area contributed by atoms with E-state index in [9.17, 15) is 9.59 Å². The maximum absolute atomic E-state index is 11.5. The average molecular weight is 292 g/mol. The lowest BCUT2D eigenvalue weighted by Crippen LogP contribution is -2.51. The summed E-state index contributed by atoms with van der Waals surface area (Å²) in [6, 6.07) is 0. The van der Waals surface area contributed by atoms with Crippen LogP contribution < -0.4 is 11.1 Å². The maximum atomic E-state index is 11.5. The van der Waals surface area contributed by atoms with Crippen molar-refractivity contribution >= 4 is 12.2 Å². The van der Waals surface area contributed by atoms with Crippen molar-refractivity contribution in [1.29, 1.82) is 0 Å². The maximum Gasteiger partial charge on any atom is 0.284 e. The molecule has 0 spiro atoms. The molecule has 8 nitrogen and oxygen atoms in total. The number of aldehydes is 1. The van der Waals surface area contributed by atoms with E-state index in [1.807, 2.05) is 0 Å². The zero-order valence-electron chi connectivity index (χ0n) is 12.2. The second kappa shape index (κ2) is 10.7. The molecule has 2 atom stereocenters. The molecule has 0 fully saturated rings. The minimum Gasteiger partial charge on any atom is -0.372 e. The summed E-state index contributed by atoms with van der Waals surface area (Å²) in [7, 11) is 0. The Hall–Kier alpha value is -1.06. The predicted molar refractivity (Wildman–Crippen MR) is 70.6 cm³/mol. The van der Waals surface area contributed by atoms with Gasteiger partial charge >= 0.3 is 0 Å². The van der Waals surface area contributed by atoms with E-state index >= 15 is 0 Å². The van der Waals surface area contributed by atoms with Crippen molar-refractivity contribution in [2.24, 2.45) is 5.73 Å². The summed E-state index contributed by atoms with van der Waals surface area (Å²) >= 11 is 0. The summed E-state index contributed by atoms with van der Waals surface area (Å²) in [4.78, 5) is 22.3. The van der Waals surface area contributed by atoms with E-state index in [0.29, 0.717) is 19.5 Å². The highest BCUT2D eigenvalue weighted by Crippen LogP contribution is 2.03. The van der Waals surface area contributed by atoms with Gasteiger partial charge in [0, 0.05) is 19.8 Å². The van der Waals surface area contributed by atoms with Crippen LogP contribution in [-0.2, 0) is 28.5 Å². The molecule has 20 heavy (non-hydrogen) atoms. The molecule has 0 radical (unpaired) electrons. The second-order valence-electron chi connectivity index (χ2n) is 3.73. The molecule has 1 amide bonds. The van der Waals surface area contributed by atoms with Crippen LogP contribution in [0.1, 0.15) is 20.8 Å². The molecule has 0 aromatic rings.